The van der Waals surface area contributed by atoms with E-state index in [9.17, 15) is 5.11 Å². The fraction of sp³-hybridized carbons (Fsp3) is 1.00. The van der Waals surface area contributed by atoms with Gasteiger partial charge in [-0.3, -0.25) is 4.90 Å². The minimum atomic E-state index is 0.312. The molecule has 0 amide bonds. The highest BCUT2D eigenvalue weighted by molar-refractivity contribution is 4.78. The highest BCUT2D eigenvalue weighted by Gasteiger charge is 2.24. The monoisotopic (exact) mass is 227 g/mol. The Kier molecular flexibility index (Phi) is 5.07. The van der Waals surface area contributed by atoms with Gasteiger partial charge in [0, 0.05) is 19.2 Å². The molecule has 94 valence electrons. The van der Waals surface area contributed by atoms with Crippen molar-refractivity contribution < 1.29 is 9.84 Å². The zero-order chi connectivity index (χ0) is 11.2. The molecule has 2 atom stereocenters. The van der Waals surface area contributed by atoms with Crippen molar-refractivity contribution in [3.05, 3.63) is 0 Å². The first kappa shape index (κ1) is 12.3. The molecule has 0 aromatic carbocycles. The Morgan fingerprint density at radius 2 is 1.94 bits per heavy atom. The number of nitrogens with zero attached hydrogens (tertiary/aromatic N) is 1. The third-order valence-corrected chi connectivity index (χ3v) is 3.92. The lowest BCUT2D eigenvalue weighted by Crippen LogP contribution is -2.43. The summed E-state index contributed by atoms with van der Waals surface area (Å²) in [6.07, 6.45) is 9.18. The lowest BCUT2D eigenvalue weighted by atomic mass is 10.1. The van der Waals surface area contributed by atoms with E-state index in [0.29, 0.717) is 18.8 Å². The summed E-state index contributed by atoms with van der Waals surface area (Å²) < 4.78 is 5.79. The van der Waals surface area contributed by atoms with Gasteiger partial charge in [0.05, 0.1) is 12.7 Å². The quantitative estimate of drug-likeness (QED) is 0.798. The standard InChI is InChI=1S/C13H25NO2/c15-11-12-6-2-1-4-8-14(12)10-13-7-3-5-9-16-13/h12-13,15H,1-11H2. The molecule has 2 fully saturated rings. The van der Waals surface area contributed by atoms with E-state index >= 15 is 0 Å². The third kappa shape index (κ3) is 3.44. The van der Waals surface area contributed by atoms with E-state index in [-0.39, 0.29) is 0 Å². The molecule has 2 saturated heterocycles. The molecule has 0 aromatic heterocycles. The van der Waals surface area contributed by atoms with Crippen molar-refractivity contribution in [2.45, 2.75) is 57.1 Å². The molecule has 3 heteroatoms. The molecule has 0 aliphatic carbocycles. The van der Waals surface area contributed by atoms with Crippen LogP contribution in [0.4, 0.5) is 0 Å². The second-order valence-electron chi connectivity index (χ2n) is 5.17. The zero-order valence-electron chi connectivity index (χ0n) is 10.2. The van der Waals surface area contributed by atoms with E-state index in [1.807, 2.05) is 0 Å². The fourth-order valence-electron chi connectivity index (χ4n) is 2.90. The molecule has 0 saturated carbocycles. The number of ether oxygens (including phenoxy) is 1. The van der Waals surface area contributed by atoms with Crippen molar-refractivity contribution in [3.63, 3.8) is 0 Å². The van der Waals surface area contributed by atoms with E-state index in [0.717, 1.165) is 26.1 Å². The van der Waals surface area contributed by atoms with Gasteiger partial charge in [-0.25, -0.2) is 0 Å². The van der Waals surface area contributed by atoms with Gasteiger partial charge in [-0.2, -0.15) is 0 Å². The molecule has 1 N–H and O–H groups in total. The van der Waals surface area contributed by atoms with Crippen LogP contribution in [0.2, 0.25) is 0 Å². The summed E-state index contributed by atoms with van der Waals surface area (Å²) in [5.74, 6) is 0. The maximum absolute atomic E-state index is 9.43. The third-order valence-electron chi connectivity index (χ3n) is 3.92. The summed E-state index contributed by atoms with van der Waals surface area (Å²) in [5, 5.41) is 9.43. The fourth-order valence-corrected chi connectivity index (χ4v) is 2.90. The molecular formula is C13H25NO2. The van der Waals surface area contributed by atoms with Crippen LogP contribution in [0.5, 0.6) is 0 Å². The molecule has 2 aliphatic heterocycles. The van der Waals surface area contributed by atoms with Crippen molar-refractivity contribution >= 4 is 0 Å². The Bertz CT molecular complexity index is 192. The van der Waals surface area contributed by atoms with Crippen LogP contribution < -0.4 is 0 Å². The Morgan fingerprint density at radius 1 is 1.06 bits per heavy atom. The molecule has 0 aromatic rings. The van der Waals surface area contributed by atoms with Gasteiger partial charge < -0.3 is 9.84 Å². The van der Waals surface area contributed by atoms with Crippen LogP contribution >= 0.6 is 0 Å². The molecule has 2 aliphatic rings. The molecule has 0 spiro atoms. The smallest absolute Gasteiger partial charge is 0.0702 e. The van der Waals surface area contributed by atoms with Crippen molar-refractivity contribution in [3.8, 4) is 0 Å². The number of likely N-dealkylation sites (tertiary alicyclic amines) is 1. The lowest BCUT2D eigenvalue weighted by molar-refractivity contribution is -0.0183. The molecule has 3 nitrogen and oxygen atoms in total. The summed E-state index contributed by atoms with van der Waals surface area (Å²) in [4.78, 5) is 2.46. The van der Waals surface area contributed by atoms with Crippen LogP contribution in [-0.4, -0.2) is 48.5 Å². The number of rotatable bonds is 3. The first-order valence-corrected chi connectivity index (χ1v) is 6.86. The van der Waals surface area contributed by atoms with Gasteiger partial charge in [0.15, 0.2) is 0 Å². The first-order valence-electron chi connectivity index (χ1n) is 6.86. The summed E-state index contributed by atoms with van der Waals surface area (Å²) in [7, 11) is 0. The van der Waals surface area contributed by atoms with Crippen LogP contribution in [-0.2, 0) is 4.74 Å². The Hall–Kier alpha value is -0.120. The highest BCUT2D eigenvalue weighted by atomic mass is 16.5. The van der Waals surface area contributed by atoms with Gasteiger partial charge >= 0.3 is 0 Å². The number of hydrogen-bond donors (Lipinski definition) is 1. The zero-order valence-corrected chi connectivity index (χ0v) is 10.2. The average molecular weight is 227 g/mol. The van der Waals surface area contributed by atoms with Crippen molar-refractivity contribution in [2.75, 3.05) is 26.3 Å². The van der Waals surface area contributed by atoms with Crippen molar-refractivity contribution in [2.24, 2.45) is 0 Å². The minimum absolute atomic E-state index is 0.312. The molecular weight excluding hydrogens is 202 g/mol. The summed E-state index contributed by atoms with van der Waals surface area (Å²) in [6, 6.07) is 0.382. The van der Waals surface area contributed by atoms with Crippen LogP contribution in [0.1, 0.15) is 44.9 Å². The van der Waals surface area contributed by atoms with E-state index in [1.165, 1.54) is 38.5 Å². The van der Waals surface area contributed by atoms with Crippen LogP contribution in [0.25, 0.3) is 0 Å². The van der Waals surface area contributed by atoms with Gasteiger partial charge in [-0.1, -0.05) is 12.8 Å². The summed E-state index contributed by atoms with van der Waals surface area (Å²) in [5.41, 5.74) is 0. The SMILES string of the molecule is OCC1CCCCCN1CC1CCCCO1. The van der Waals surface area contributed by atoms with Crippen LogP contribution in [0.15, 0.2) is 0 Å². The number of hydrogen-bond acceptors (Lipinski definition) is 3. The Balaban J connectivity index is 1.83. The topological polar surface area (TPSA) is 32.7 Å². The molecule has 0 radical (unpaired) electrons. The second kappa shape index (κ2) is 6.58. The van der Waals surface area contributed by atoms with E-state index in [1.54, 1.807) is 0 Å². The Morgan fingerprint density at radius 3 is 2.69 bits per heavy atom. The van der Waals surface area contributed by atoms with Gasteiger partial charge in [0.2, 0.25) is 0 Å². The van der Waals surface area contributed by atoms with Crippen LogP contribution in [0, 0.1) is 0 Å². The largest absolute Gasteiger partial charge is 0.395 e. The minimum Gasteiger partial charge on any atom is -0.395 e. The second-order valence-corrected chi connectivity index (χ2v) is 5.17. The first-order chi connectivity index (χ1) is 7.90. The van der Waals surface area contributed by atoms with Gasteiger partial charge in [-0.15, -0.1) is 0 Å². The van der Waals surface area contributed by atoms with Gasteiger partial charge in [0.25, 0.3) is 0 Å². The van der Waals surface area contributed by atoms with Gasteiger partial charge in [0.1, 0.15) is 0 Å². The molecule has 0 bridgehead atoms. The predicted molar refractivity (Wildman–Crippen MR) is 64.5 cm³/mol. The molecule has 2 heterocycles. The highest BCUT2D eigenvalue weighted by Crippen LogP contribution is 2.20. The molecule has 2 unspecified atom stereocenters. The maximum atomic E-state index is 9.43. The van der Waals surface area contributed by atoms with E-state index in [2.05, 4.69) is 4.90 Å². The molecule has 2 rings (SSSR count). The number of aliphatic hydroxyl groups is 1. The van der Waals surface area contributed by atoms with E-state index < -0.39 is 0 Å². The summed E-state index contributed by atoms with van der Waals surface area (Å²) >= 11 is 0. The normalized spacial score (nSPS) is 33.6. The molecule has 16 heavy (non-hydrogen) atoms. The number of aliphatic hydroxyl groups excluding tert-OH is 1. The maximum Gasteiger partial charge on any atom is 0.0702 e. The van der Waals surface area contributed by atoms with Gasteiger partial charge in [-0.05, 0) is 38.6 Å². The summed E-state index contributed by atoms with van der Waals surface area (Å²) in [6.45, 7) is 3.42. The van der Waals surface area contributed by atoms with E-state index in [4.69, 9.17) is 4.74 Å². The van der Waals surface area contributed by atoms with Crippen molar-refractivity contribution in [1.82, 2.24) is 4.90 Å². The lowest BCUT2D eigenvalue weighted by Gasteiger charge is -2.33. The van der Waals surface area contributed by atoms with Crippen LogP contribution in [0.3, 0.4) is 0 Å². The Labute approximate surface area is 98.8 Å². The predicted octanol–water partition coefficient (Wildman–Crippen LogP) is 1.79. The van der Waals surface area contributed by atoms with Crippen molar-refractivity contribution in [1.29, 1.82) is 0 Å². The average Bonchev–Trinajstić information content (AvgIpc) is 2.55.